The van der Waals surface area contributed by atoms with Crippen LogP contribution in [-0.2, 0) is 6.54 Å². The number of carbonyl (C=O) groups excluding carboxylic acids is 1. The highest BCUT2D eigenvalue weighted by atomic mass is 32.1. The number of thiophene rings is 1. The second kappa shape index (κ2) is 5.57. The van der Waals surface area contributed by atoms with Crippen molar-refractivity contribution in [1.82, 2.24) is 40.1 Å². The molecule has 1 N–H and O–H groups in total. The molecule has 10 heteroatoms. The molecule has 0 aliphatic carbocycles. The standard InChI is InChI=1S/C13H10N8OS/c22-13(12-9(4-6-23-12)21-8-15-18-19-21)14-7-11-17-16-10-3-1-2-5-20(10)11/h1-6,8H,7H2,(H,14,22). The van der Waals surface area contributed by atoms with Crippen LogP contribution in [0.25, 0.3) is 11.3 Å². The number of nitrogens with zero attached hydrogens (tertiary/aromatic N) is 7. The average molecular weight is 326 g/mol. The Morgan fingerprint density at radius 1 is 1.26 bits per heavy atom. The highest BCUT2D eigenvalue weighted by Crippen LogP contribution is 2.19. The average Bonchev–Trinajstić information content (AvgIpc) is 3.31. The number of carbonyl (C=O) groups is 1. The van der Waals surface area contributed by atoms with Gasteiger partial charge in [-0.3, -0.25) is 9.20 Å². The summed E-state index contributed by atoms with van der Waals surface area (Å²) in [5.74, 6) is 0.452. The predicted molar refractivity (Wildman–Crippen MR) is 81.2 cm³/mol. The molecule has 0 atom stereocenters. The summed E-state index contributed by atoms with van der Waals surface area (Å²) in [5, 5.41) is 23.8. The maximum absolute atomic E-state index is 12.4. The molecule has 0 saturated carbocycles. The number of nitrogens with one attached hydrogen (secondary N) is 1. The quantitative estimate of drug-likeness (QED) is 0.592. The predicted octanol–water partition coefficient (Wildman–Crippen LogP) is 0.696. The first-order valence-electron chi connectivity index (χ1n) is 6.70. The SMILES string of the molecule is O=C(NCc1nnc2ccccn12)c1sccc1-n1cnnn1. The van der Waals surface area contributed by atoms with E-state index in [2.05, 4.69) is 31.0 Å². The molecule has 0 aromatic carbocycles. The fraction of sp³-hybridized carbons (Fsp3) is 0.0769. The van der Waals surface area contributed by atoms with Crippen LogP contribution in [0.5, 0.6) is 0 Å². The lowest BCUT2D eigenvalue weighted by Crippen LogP contribution is -2.24. The molecule has 0 bridgehead atoms. The van der Waals surface area contributed by atoms with E-state index in [-0.39, 0.29) is 12.5 Å². The van der Waals surface area contributed by atoms with Gasteiger partial charge < -0.3 is 5.32 Å². The van der Waals surface area contributed by atoms with Gasteiger partial charge in [-0.25, -0.2) is 0 Å². The molecule has 4 rings (SSSR count). The molecule has 0 saturated heterocycles. The summed E-state index contributed by atoms with van der Waals surface area (Å²) >= 11 is 1.33. The molecule has 4 aromatic rings. The molecule has 4 aromatic heterocycles. The minimum atomic E-state index is -0.210. The molecule has 0 unspecified atom stereocenters. The van der Waals surface area contributed by atoms with Crippen LogP contribution >= 0.6 is 11.3 Å². The van der Waals surface area contributed by atoms with Crippen molar-refractivity contribution in [3.05, 3.63) is 52.9 Å². The lowest BCUT2D eigenvalue weighted by Gasteiger charge is -2.04. The summed E-state index contributed by atoms with van der Waals surface area (Å²) in [7, 11) is 0. The zero-order valence-corrected chi connectivity index (χ0v) is 12.5. The van der Waals surface area contributed by atoms with Gasteiger partial charge in [-0.05, 0) is 34.0 Å². The fourth-order valence-corrected chi connectivity index (χ4v) is 2.97. The highest BCUT2D eigenvalue weighted by molar-refractivity contribution is 7.12. The van der Waals surface area contributed by atoms with E-state index in [1.54, 1.807) is 6.07 Å². The summed E-state index contributed by atoms with van der Waals surface area (Å²) in [4.78, 5) is 12.9. The van der Waals surface area contributed by atoms with Crippen molar-refractivity contribution in [2.24, 2.45) is 0 Å². The largest absolute Gasteiger partial charge is 0.344 e. The lowest BCUT2D eigenvalue weighted by atomic mass is 10.3. The Morgan fingerprint density at radius 2 is 2.22 bits per heavy atom. The van der Waals surface area contributed by atoms with E-state index < -0.39 is 0 Å². The van der Waals surface area contributed by atoms with Crippen LogP contribution in [0.2, 0.25) is 0 Å². The van der Waals surface area contributed by atoms with E-state index >= 15 is 0 Å². The van der Waals surface area contributed by atoms with E-state index in [1.807, 2.05) is 34.2 Å². The van der Waals surface area contributed by atoms with Gasteiger partial charge in [0, 0.05) is 6.20 Å². The van der Waals surface area contributed by atoms with Crippen molar-refractivity contribution in [1.29, 1.82) is 0 Å². The lowest BCUT2D eigenvalue weighted by molar-refractivity contribution is 0.0953. The Balaban J connectivity index is 1.54. The summed E-state index contributed by atoms with van der Waals surface area (Å²) in [5.41, 5.74) is 1.38. The minimum absolute atomic E-state index is 0.210. The molecule has 4 heterocycles. The Morgan fingerprint density at radius 3 is 3.09 bits per heavy atom. The summed E-state index contributed by atoms with van der Waals surface area (Å²) in [6.07, 6.45) is 3.30. The third-order valence-corrected chi connectivity index (χ3v) is 4.14. The molecule has 0 aliphatic heterocycles. The summed E-state index contributed by atoms with van der Waals surface area (Å²) in [6, 6.07) is 7.42. The topological polar surface area (TPSA) is 103 Å². The third-order valence-electron chi connectivity index (χ3n) is 3.24. The summed E-state index contributed by atoms with van der Waals surface area (Å²) in [6.45, 7) is 0.275. The van der Waals surface area contributed by atoms with E-state index in [0.29, 0.717) is 16.4 Å². The van der Waals surface area contributed by atoms with Crippen LogP contribution in [-0.4, -0.2) is 40.7 Å². The maximum Gasteiger partial charge on any atom is 0.263 e. The van der Waals surface area contributed by atoms with Gasteiger partial charge in [-0.2, -0.15) is 4.68 Å². The normalized spacial score (nSPS) is 11.0. The van der Waals surface area contributed by atoms with Crippen molar-refractivity contribution in [2.45, 2.75) is 6.54 Å². The first kappa shape index (κ1) is 13.5. The number of hydrogen-bond donors (Lipinski definition) is 1. The van der Waals surface area contributed by atoms with Gasteiger partial charge in [0.25, 0.3) is 5.91 Å². The van der Waals surface area contributed by atoms with Crippen LogP contribution in [0.3, 0.4) is 0 Å². The second-order valence-corrected chi connectivity index (χ2v) is 5.53. The van der Waals surface area contributed by atoms with Gasteiger partial charge in [-0.15, -0.1) is 26.6 Å². The van der Waals surface area contributed by atoms with Crippen LogP contribution in [0, 0.1) is 0 Å². The van der Waals surface area contributed by atoms with Crippen molar-refractivity contribution in [3.8, 4) is 5.69 Å². The maximum atomic E-state index is 12.4. The Kier molecular flexibility index (Phi) is 3.27. The molecular formula is C13H10N8OS. The Bertz CT molecular complexity index is 957. The first-order chi connectivity index (χ1) is 11.3. The van der Waals surface area contributed by atoms with Gasteiger partial charge in [0.15, 0.2) is 11.5 Å². The number of rotatable bonds is 4. The van der Waals surface area contributed by atoms with Gasteiger partial charge >= 0.3 is 0 Å². The number of amides is 1. The number of fused-ring (bicyclic) bond motifs is 1. The van der Waals surface area contributed by atoms with Crippen molar-refractivity contribution in [2.75, 3.05) is 0 Å². The van der Waals surface area contributed by atoms with E-state index in [4.69, 9.17) is 0 Å². The summed E-state index contributed by atoms with van der Waals surface area (Å²) < 4.78 is 3.29. The highest BCUT2D eigenvalue weighted by Gasteiger charge is 2.16. The van der Waals surface area contributed by atoms with Gasteiger partial charge in [0.1, 0.15) is 11.2 Å². The van der Waals surface area contributed by atoms with Crippen LogP contribution in [0.1, 0.15) is 15.5 Å². The zero-order valence-electron chi connectivity index (χ0n) is 11.7. The van der Waals surface area contributed by atoms with Crippen LogP contribution in [0.15, 0.2) is 42.2 Å². The zero-order chi connectivity index (χ0) is 15.6. The smallest absolute Gasteiger partial charge is 0.263 e. The van der Waals surface area contributed by atoms with Crippen molar-refractivity contribution in [3.63, 3.8) is 0 Å². The van der Waals surface area contributed by atoms with Gasteiger partial charge in [0.05, 0.1) is 12.2 Å². The van der Waals surface area contributed by atoms with Crippen LogP contribution in [0.4, 0.5) is 0 Å². The van der Waals surface area contributed by atoms with Gasteiger partial charge in [0.2, 0.25) is 0 Å². The third kappa shape index (κ3) is 2.44. The fourth-order valence-electron chi connectivity index (χ4n) is 2.18. The minimum Gasteiger partial charge on any atom is -0.344 e. The Labute approximate surface area is 133 Å². The van der Waals surface area contributed by atoms with E-state index in [0.717, 1.165) is 5.65 Å². The second-order valence-electron chi connectivity index (χ2n) is 4.62. The molecule has 23 heavy (non-hydrogen) atoms. The molecule has 9 nitrogen and oxygen atoms in total. The molecule has 1 amide bonds. The monoisotopic (exact) mass is 326 g/mol. The Hall–Kier alpha value is -3.14. The van der Waals surface area contributed by atoms with Gasteiger partial charge in [-0.1, -0.05) is 6.07 Å². The van der Waals surface area contributed by atoms with Crippen molar-refractivity contribution < 1.29 is 4.79 Å². The number of hydrogen-bond acceptors (Lipinski definition) is 7. The molecule has 114 valence electrons. The number of aromatic nitrogens is 7. The molecule has 0 radical (unpaired) electrons. The molecule has 0 fully saturated rings. The van der Waals surface area contributed by atoms with E-state index in [1.165, 1.54) is 22.3 Å². The molecule has 0 aliphatic rings. The first-order valence-corrected chi connectivity index (χ1v) is 7.58. The van der Waals surface area contributed by atoms with Crippen LogP contribution < -0.4 is 5.32 Å². The number of tetrazole rings is 1. The van der Waals surface area contributed by atoms with E-state index in [9.17, 15) is 4.79 Å². The molecule has 0 spiro atoms. The molecular weight excluding hydrogens is 316 g/mol. The van der Waals surface area contributed by atoms with Crippen molar-refractivity contribution >= 4 is 22.9 Å². The number of pyridine rings is 1.